The fourth-order valence-corrected chi connectivity index (χ4v) is 1.63. The van der Waals surface area contributed by atoms with Crippen LogP contribution in [0.25, 0.3) is 0 Å². The largest absolute Gasteiger partial charge is 0.378 e. The average Bonchev–Trinajstić information content (AvgIpc) is 2.15. The van der Waals surface area contributed by atoms with Crippen molar-refractivity contribution in [1.82, 2.24) is 4.90 Å². The number of hydrogen-bond donors (Lipinski definition) is 0. The van der Waals surface area contributed by atoms with Crippen LogP contribution in [0.4, 0.5) is 0 Å². The van der Waals surface area contributed by atoms with Crippen LogP contribution in [0, 0.1) is 0 Å². The Kier molecular flexibility index (Phi) is 4.54. The zero-order valence-corrected chi connectivity index (χ0v) is 8.53. The summed E-state index contributed by atoms with van der Waals surface area (Å²) in [7, 11) is 0. The van der Waals surface area contributed by atoms with E-state index in [1.165, 1.54) is 12.8 Å². The first-order chi connectivity index (χ1) is 5.84. The molecule has 0 N–H and O–H groups in total. The number of nitrogens with zero attached hydrogens (tertiary/aromatic N) is 1. The Balaban J connectivity index is 2.20. The van der Waals surface area contributed by atoms with E-state index >= 15 is 0 Å². The van der Waals surface area contributed by atoms with Crippen LogP contribution < -0.4 is 0 Å². The van der Waals surface area contributed by atoms with Crippen LogP contribution >= 0.6 is 12.2 Å². The van der Waals surface area contributed by atoms with Gasteiger partial charge in [0.1, 0.15) is 0 Å². The highest BCUT2D eigenvalue weighted by atomic mass is 32.1. The lowest BCUT2D eigenvalue weighted by atomic mass is 10.2. The third kappa shape index (κ3) is 3.07. The molecule has 0 unspecified atom stereocenters. The summed E-state index contributed by atoms with van der Waals surface area (Å²) in [6, 6.07) is 0. The Morgan fingerprint density at radius 2 is 2.08 bits per heavy atom. The summed E-state index contributed by atoms with van der Waals surface area (Å²) in [5.41, 5.74) is 0. The predicted octanol–water partition coefficient (Wildman–Crippen LogP) is 1.84. The van der Waals surface area contributed by atoms with Crippen molar-refractivity contribution < 1.29 is 4.74 Å². The van der Waals surface area contributed by atoms with Crippen molar-refractivity contribution in [1.29, 1.82) is 0 Å². The Hall–Kier alpha value is -0.150. The van der Waals surface area contributed by atoms with E-state index < -0.39 is 0 Å². The lowest BCUT2D eigenvalue weighted by Crippen LogP contribution is -2.39. The number of hydrogen-bond acceptors (Lipinski definition) is 2. The van der Waals surface area contributed by atoms with Crippen LogP contribution in [0.15, 0.2) is 0 Å². The lowest BCUT2D eigenvalue weighted by molar-refractivity contribution is 0.0682. The van der Waals surface area contributed by atoms with Crippen molar-refractivity contribution in [2.45, 2.75) is 26.2 Å². The zero-order chi connectivity index (χ0) is 8.81. The molecule has 1 fully saturated rings. The Morgan fingerprint density at radius 1 is 1.42 bits per heavy atom. The highest BCUT2D eigenvalue weighted by molar-refractivity contribution is 7.80. The van der Waals surface area contributed by atoms with E-state index in [4.69, 9.17) is 17.0 Å². The van der Waals surface area contributed by atoms with Gasteiger partial charge in [0.05, 0.1) is 18.2 Å². The van der Waals surface area contributed by atoms with Crippen LogP contribution in [0.2, 0.25) is 0 Å². The van der Waals surface area contributed by atoms with Gasteiger partial charge in [-0.2, -0.15) is 0 Å². The van der Waals surface area contributed by atoms with Gasteiger partial charge in [-0.05, 0) is 12.8 Å². The molecule has 0 bridgehead atoms. The molecule has 70 valence electrons. The molecule has 0 atom stereocenters. The standard InChI is InChI=1S/C9H17NOS/c1-2-3-4-9(12)10-5-7-11-8-6-10/h2-8H2,1H3. The first-order valence-corrected chi connectivity index (χ1v) is 5.11. The fraction of sp³-hybridized carbons (Fsp3) is 0.889. The first kappa shape index (κ1) is 9.93. The minimum Gasteiger partial charge on any atom is -0.378 e. The summed E-state index contributed by atoms with van der Waals surface area (Å²) in [5, 5.41) is 0. The summed E-state index contributed by atoms with van der Waals surface area (Å²) >= 11 is 5.31. The first-order valence-electron chi connectivity index (χ1n) is 4.70. The van der Waals surface area contributed by atoms with Gasteiger partial charge < -0.3 is 9.64 Å². The third-order valence-corrected chi connectivity index (χ3v) is 2.57. The van der Waals surface area contributed by atoms with Crippen LogP contribution in [0.5, 0.6) is 0 Å². The van der Waals surface area contributed by atoms with E-state index in [9.17, 15) is 0 Å². The Bertz CT molecular complexity index is 143. The van der Waals surface area contributed by atoms with Gasteiger partial charge in [-0.1, -0.05) is 25.6 Å². The second kappa shape index (κ2) is 5.49. The molecule has 0 aromatic carbocycles. The van der Waals surface area contributed by atoms with E-state index in [1.54, 1.807) is 0 Å². The average molecular weight is 187 g/mol. The van der Waals surface area contributed by atoms with Gasteiger partial charge in [0.25, 0.3) is 0 Å². The topological polar surface area (TPSA) is 12.5 Å². The lowest BCUT2D eigenvalue weighted by Gasteiger charge is -2.29. The fourth-order valence-electron chi connectivity index (χ4n) is 1.30. The van der Waals surface area contributed by atoms with Gasteiger partial charge in [0, 0.05) is 13.1 Å². The van der Waals surface area contributed by atoms with Crippen molar-refractivity contribution in [3.05, 3.63) is 0 Å². The molecule has 1 rings (SSSR count). The molecule has 0 aromatic heterocycles. The molecule has 1 aliphatic heterocycles. The zero-order valence-electron chi connectivity index (χ0n) is 7.71. The number of rotatable bonds is 3. The molecule has 2 nitrogen and oxygen atoms in total. The SMILES string of the molecule is CCCCC(=S)N1CCOCC1. The predicted molar refractivity (Wildman–Crippen MR) is 54.5 cm³/mol. The molecule has 1 saturated heterocycles. The Morgan fingerprint density at radius 3 is 2.67 bits per heavy atom. The molecule has 0 amide bonds. The van der Waals surface area contributed by atoms with E-state index in [1.807, 2.05) is 0 Å². The molecule has 0 aromatic rings. The van der Waals surface area contributed by atoms with Crippen molar-refractivity contribution in [3.8, 4) is 0 Å². The minimum atomic E-state index is 0.840. The van der Waals surface area contributed by atoms with Crippen LogP contribution in [-0.2, 0) is 4.74 Å². The van der Waals surface area contributed by atoms with Gasteiger partial charge in [-0.3, -0.25) is 0 Å². The van der Waals surface area contributed by atoms with E-state index in [-0.39, 0.29) is 0 Å². The van der Waals surface area contributed by atoms with E-state index in [2.05, 4.69) is 11.8 Å². The molecule has 3 heteroatoms. The van der Waals surface area contributed by atoms with Gasteiger partial charge >= 0.3 is 0 Å². The second-order valence-electron chi connectivity index (χ2n) is 3.10. The van der Waals surface area contributed by atoms with Gasteiger partial charge in [-0.15, -0.1) is 0 Å². The van der Waals surface area contributed by atoms with E-state index in [0.717, 1.165) is 37.7 Å². The van der Waals surface area contributed by atoms with Crippen LogP contribution in [-0.4, -0.2) is 36.2 Å². The van der Waals surface area contributed by atoms with Gasteiger partial charge in [0.15, 0.2) is 0 Å². The maximum Gasteiger partial charge on any atom is 0.0780 e. The number of morpholine rings is 1. The molecular formula is C9H17NOS. The molecule has 0 aliphatic carbocycles. The number of thiocarbonyl (C=S) groups is 1. The highest BCUT2D eigenvalue weighted by Crippen LogP contribution is 2.05. The van der Waals surface area contributed by atoms with Gasteiger partial charge in [0.2, 0.25) is 0 Å². The maximum atomic E-state index is 5.31. The quantitative estimate of drug-likeness (QED) is 0.626. The number of unbranched alkanes of at least 4 members (excludes halogenated alkanes) is 1. The normalized spacial score (nSPS) is 17.9. The molecule has 1 heterocycles. The molecule has 0 spiro atoms. The van der Waals surface area contributed by atoms with E-state index in [0.29, 0.717) is 0 Å². The van der Waals surface area contributed by atoms with Crippen molar-refractivity contribution >= 4 is 17.2 Å². The molecular weight excluding hydrogens is 170 g/mol. The smallest absolute Gasteiger partial charge is 0.0780 e. The molecule has 0 saturated carbocycles. The summed E-state index contributed by atoms with van der Waals surface area (Å²) < 4.78 is 5.25. The summed E-state index contributed by atoms with van der Waals surface area (Å²) in [5.74, 6) is 0. The number of ether oxygens (including phenoxy) is 1. The summed E-state index contributed by atoms with van der Waals surface area (Å²) in [4.78, 5) is 3.40. The van der Waals surface area contributed by atoms with Crippen molar-refractivity contribution in [2.75, 3.05) is 26.3 Å². The van der Waals surface area contributed by atoms with Crippen LogP contribution in [0.1, 0.15) is 26.2 Å². The summed E-state index contributed by atoms with van der Waals surface area (Å²) in [6.07, 6.45) is 3.52. The highest BCUT2D eigenvalue weighted by Gasteiger charge is 2.12. The molecule has 0 radical (unpaired) electrons. The third-order valence-electron chi connectivity index (χ3n) is 2.11. The monoisotopic (exact) mass is 187 g/mol. The van der Waals surface area contributed by atoms with Crippen molar-refractivity contribution in [2.24, 2.45) is 0 Å². The van der Waals surface area contributed by atoms with Crippen LogP contribution in [0.3, 0.4) is 0 Å². The minimum absolute atomic E-state index is 0.840. The van der Waals surface area contributed by atoms with Gasteiger partial charge in [-0.25, -0.2) is 0 Å². The second-order valence-corrected chi connectivity index (χ2v) is 3.57. The Labute approximate surface area is 79.9 Å². The summed E-state index contributed by atoms with van der Waals surface area (Å²) in [6.45, 7) is 5.85. The molecule has 12 heavy (non-hydrogen) atoms. The maximum absolute atomic E-state index is 5.31. The van der Waals surface area contributed by atoms with Crippen molar-refractivity contribution in [3.63, 3.8) is 0 Å². The molecule has 1 aliphatic rings.